The molecule has 0 saturated heterocycles. The summed E-state index contributed by atoms with van der Waals surface area (Å²) in [5.74, 6) is 0. The molecule has 8 nitrogen and oxygen atoms in total. The minimum absolute atomic E-state index is 0.0459. The summed E-state index contributed by atoms with van der Waals surface area (Å²) in [7, 11) is 0. The molecule has 0 radical (unpaired) electrons. The third-order valence-corrected chi connectivity index (χ3v) is 7.25. The van der Waals surface area contributed by atoms with Gasteiger partial charge in [0.2, 0.25) is 0 Å². The molecule has 198 valence electrons. The Balaban J connectivity index is 1.62. The average molecular weight is 543 g/mol. The molecule has 4 aromatic rings. The van der Waals surface area contributed by atoms with Crippen molar-refractivity contribution in [1.29, 1.82) is 10.5 Å². The molecule has 1 unspecified atom stereocenters. The summed E-state index contributed by atoms with van der Waals surface area (Å²) in [5.41, 5.74) is 3.13. The second kappa shape index (κ2) is 10.2. The Morgan fingerprint density at radius 2 is 1.90 bits per heavy atom. The molecular weight excluding hydrogens is 515 g/mol. The summed E-state index contributed by atoms with van der Waals surface area (Å²) < 4.78 is 15.3. The standard InChI is InChI=1S/C29H28ClFN8/c1-28(2,3)17-35-26-19(13-33)14-34-25-18(12-32)10-20(11-22(25)26)36-27(21-6-4-5-7-23(21)30)24-15-39(38-37-24)29(16-31)8-9-29/h4-7,10-11,14-15,27,36H,8-9,16-17H2,1-3H3,(H,34,35). The summed E-state index contributed by atoms with van der Waals surface area (Å²) in [6.07, 6.45) is 4.67. The maximum atomic E-state index is 13.7. The van der Waals surface area contributed by atoms with E-state index in [9.17, 15) is 14.9 Å². The van der Waals surface area contributed by atoms with E-state index >= 15 is 0 Å². The third-order valence-electron chi connectivity index (χ3n) is 6.90. The van der Waals surface area contributed by atoms with Gasteiger partial charge in [-0.05, 0) is 42.0 Å². The normalized spacial score (nSPS) is 14.8. The largest absolute Gasteiger partial charge is 0.383 e. The molecule has 2 heterocycles. The number of halogens is 2. The number of anilines is 2. The molecule has 39 heavy (non-hydrogen) atoms. The van der Waals surface area contributed by atoms with Crippen molar-refractivity contribution in [1.82, 2.24) is 20.0 Å². The first-order valence-corrected chi connectivity index (χ1v) is 13.1. The molecular formula is C29H28ClFN8. The molecule has 0 amide bonds. The van der Waals surface area contributed by atoms with Crippen molar-refractivity contribution in [3.8, 4) is 12.1 Å². The van der Waals surface area contributed by atoms with Crippen LogP contribution in [0.15, 0.2) is 48.8 Å². The zero-order valence-corrected chi connectivity index (χ0v) is 22.7. The fourth-order valence-corrected chi connectivity index (χ4v) is 4.74. The van der Waals surface area contributed by atoms with Crippen molar-refractivity contribution in [3.63, 3.8) is 0 Å². The van der Waals surface area contributed by atoms with Crippen LogP contribution in [-0.4, -0.2) is 33.2 Å². The summed E-state index contributed by atoms with van der Waals surface area (Å²) in [6.45, 7) is 6.40. The average Bonchev–Trinajstić information content (AvgIpc) is 3.57. The van der Waals surface area contributed by atoms with E-state index in [1.54, 1.807) is 23.0 Å². The molecule has 1 saturated carbocycles. The molecule has 0 bridgehead atoms. The van der Waals surface area contributed by atoms with Crippen LogP contribution in [-0.2, 0) is 5.54 Å². The topological polar surface area (TPSA) is 115 Å². The number of nitriles is 2. The lowest BCUT2D eigenvalue weighted by Crippen LogP contribution is -2.20. The summed E-state index contributed by atoms with van der Waals surface area (Å²) in [4.78, 5) is 4.43. The van der Waals surface area contributed by atoms with E-state index in [1.165, 1.54) is 6.20 Å². The van der Waals surface area contributed by atoms with Crippen LogP contribution < -0.4 is 10.6 Å². The molecule has 10 heteroatoms. The highest BCUT2D eigenvalue weighted by atomic mass is 35.5. The van der Waals surface area contributed by atoms with Crippen molar-refractivity contribution in [2.45, 2.75) is 45.2 Å². The second-order valence-corrected chi connectivity index (χ2v) is 11.6. The van der Waals surface area contributed by atoms with Crippen LogP contribution in [0.5, 0.6) is 0 Å². The number of nitrogens with one attached hydrogen (secondary N) is 2. The smallest absolute Gasteiger partial charge is 0.115 e. The number of pyridine rings is 1. The Kier molecular flexibility index (Phi) is 6.88. The van der Waals surface area contributed by atoms with Gasteiger partial charge in [0.15, 0.2) is 0 Å². The zero-order valence-electron chi connectivity index (χ0n) is 22.0. The predicted octanol–water partition coefficient (Wildman–Crippen LogP) is 6.34. The molecule has 2 aromatic carbocycles. The van der Waals surface area contributed by atoms with E-state index in [4.69, 9.17) is 11.6 Å². The van der Waals surface area contributed by atoms with Crippen molar-refractivity contribution < 1.29 is 4.39 Å². The van der Waals surface area contributed by atoms with Crippen LogP contribution in [0.1, 0.15) is 62.0 Å². The van der Waals surface area contributed by atoms with Gasteiger partial charge in [-0.25, -0.2) is 9.07 Å². The molecule has 0 aliphatic heterocycles. The van der Waals surface area contributed by atoms with E-state index in [2.05, 4.69) is 58.8 Å². The molecule has 5 rings (SSSR count). The lowest BCUT2D eigenvalue weighted by atomic mass is 9.96. The Morgan fingerprint density at radius 1 is 1.15 bits per heavy atom. The highest BCUT2D eigenvalue weighted by Crippen LogP contribution is 2.44. The van der Waals surface area contributed by atoms with Gasteiger partial charge in [-0.2, -0.15) is 10.5 Å². The highest BCUT2D eigenvalue weighted by molar-refractivity contribution is 6.31. The van der Waals surface area contributed by atoms with Gasteiger partial charge in [0.05, 0.1) is 40.1 Å². The van der Waals surface area contributed by atoms with E-state index in [1.807, 2.05) is 24.3 Å². The first kappa shape index (κ1) is 26.4. The number of fused-ring (bicyclic) bond motifs is 1. The van der Waals surface area contributed by atoms with E-state index in [0.29, 0.717) is 63.5 Å². The van der Waals surface area contributed by atoms with Gasteiger partial charge in [-0.3, -0.25) is 4.98 Å². The van der Waals surface area contributed by atoms with Gasteiger partial charge in [0, 0.05) is 28.8 Å². The van der Waals surface area contributed by atoms with Crippen molar-refractivity contribution in [2.75, 3.05) is 23.9 Å². The van der Waals surface area contributed by atoms with Crippen molar-refractivity contribution in [3.05, 3.63) is 76.2 Å². The van der Waals surface area contributed by atoms with Gasteiger partial charge < -0.3 is 10.6 Å². The van der Waals surface area contributed by atoms with Gasteiger partial charge in [0.25, 0.3) is 0 Å². The number of benzene rings is 2. The summed E-state index contributed by atoms with van der Waals surface area (Å²) in [5, 5.41) is 36.5. The Bertz CT molecular complexity index is 1620. The molecule has 2 aromatic heterocycles. The molecule has 0 spiro atoms. The van der Waals surface area contributed by atoms with Crippen LogP contribution in [0.2, 0.25) is 5.02 Å². The minimum atomic E-state index is -0.625. The van der Waals surface area contributed by atoms with Crippen LogP contribution in [0.3, 0.4) is 0 Å². The molecule has 1 aliphatic carbocycles. The van der Waals surface area contributed by atoms with Crippen molar-refractivity contribution >= 4 is 33.9 Å². The van der Waals surface area contributed by atoms with Gasteiger partial charge in [-0.15, -0.1) is 5.10 Å². The minimum Gasteiger partial charge on any atom is -0.383 e. The number of alkyl halides is 1. The maximum Gasteiger partial charge on any atom is 0.115 e. The number of hydrogen-bond acceptors (Lipinski definition) is 7. The Labute approximate surface area is 231 Å². The van der Waals surface area contributed by atoms with Crippen molar-refractivity contribution in [2.24, 2.45) is 5.41 Å². The number of rotatable bonds is 8. The lowest BCUT2D eigenvalue weighted by molar-refractivity contribution is 0.309. The Hall–Kier alpha value is -4.21. The number of hydrogen-bond donors (Lipinski definition) is 2. The zero-order chi connectivity index (χ0) is 27.8. The van der Waals surface area contributed by atoms with Crippen LogP contribution in [0.4, 0.5) is 15.8 Å². The first-order valence-electron chi connectivity index (χ1n) is 12.7. The predicted molar refractivity (Wildman–Crippen MR) is 149 cm³/mol. The van der Waals surface area contributed by atoms with E-state index < -0.39 is 18.3 Å². The van der Waals surface area contributed by atoms with Gasteiger partial charge in [0.1, 0.15) is 24.5 Å². The Morgan fingerprint density at radius 3 is 2.54 bits per heavy atom. The fraction of sp³-hybridized carbons (Fsp3) is 0.345. The third kappa shape index (κ3) is 5.23. The van der Waals surface area contributed by atoms with Crippen LogP contribution in [0, 0.1) is 28.1 Å². The molecule has 1 aliphatic rings. The van der Waals surface area contributed by atoms with E-state index in [0.717, 1.165) is 5.56 Å². The van der Waals surface area contributed by atoms with Gasteiger partial charge >= 0.3 is 0 Å². The first-order chi connectivity index (χ1) is 18.7. The number of aromatic nitrogens is 4. The highest BCUT2D eigenvalue weighted by Gasteiger charge is 2.46. The summed E-state index contributed by atoms with van der Waals surface area (Å²) in [6, 6.07) is 14.9. The lowest BCUT2D eigenvalue weighted by Gasteiger charge is -2.22. The fourth-order valence-electron chi connectivity index (χ4n) is 4.50. The molecule has 2 N–H and O–H groups in total. The summed E-state index contributed by atoms with van der Waals surface area (Å²) >= 11 is 6.61. The van der Waals surface area contributed by atoms with Crippen LogP contribution >= 0.6 is 11.6 Å². The van der Waals surface area contributed by atoms with E-state index in [-0.39, 0.29) is 5.41 Å². The molecule has 1 fully saturated rings. The van der Waals surface area contributed by atoms with Crippen LogP contribution in [0.25, 0.3) is 10.9 Å². The SMILES string of the molecule is CC(C)(C)CNc1c(C#N)cnc2c(C#N)cc(NC(c3cn(C4(CF)CC4)nn3)c3ccccc3Cl)cc12. The van der Waals surface area contributed by atoms with Gasteiger partial charge in [-0.1, -0.05) is 55.8 Å². The number of nitrogens with zero attached hydrogens (tertiary/aromatic N) is 6. The monoisotopic (exact) mass is 542 g/mol. The molecule has 1 atom stereocenters. The quantitative estimate of drug-likeness (QED) is 0.267. The second-order valence-electron chi connectivity index (χ2n) is 11.1. The maximum absolute atomic E-state index is 13.7.